The number of carboxylic acid groups (broad SMARTS) is 1. The molecule has 1 atom stereocenters. The second kappa shape index (κ2) is 7.22. The zero-order valence-electron chi connectivity index (χ0n) is 15.1. The van der Waals surface area contributed by atoms with Gasteiger partial charge in [-0.2, -0.15) is 0 Å². The summed E-state index contributed by atoms with van der Waals surface area (Å²) < 4.78 is 0. The maximum Gasteiger partial charge on any atom is 0.335 e. The van der Waals surface area contributed by atoms with Gasteiger partial charge in [-0.1, -0.05) is 42.5 Å². The molecule has 1 spiro atoms. The first-order valence-corrected chi connectivity index (χ1v) is 9.43. The molecule has 1 unspecified atom stereocenters. The maximum absolute atomic E-state index is 11.2. The highest BCUT2D eigenvalue weighted by molar-refractivity contribution is 5.87. The number of hydrogen-bond donors (Lipinski definition) is 1. The van der Waals surface area contributed by atoms with E-state index in [1.807, 2.05) is 18.2 Å². The number of hydrogen-bond acceptors (Lipinski definition) is 3. The largest absolute Gasteiger partial charge is 0.478 e. The van der Waals surface area contributed by atoms with Gasteiger partial charge < -0.3 is 5.11 Å². The summed E-state index contributed by atoms with van der Waals surface area (Å²) in [4.78, 5) is 16.2. The smallest absolute Gasteiger partial charge is 0.335 e. The number of carbonyl (C=O) groups is 1. The number of benzene rings is 2. The highest BCUT2D eigenvalue weighted by Crippen LogP contribution is 2.40. The Morgan fingerprint density at radius 2 is 1.50 bits per heavy atom. The van der Waals surface area contributed by atoms with Crippen LogP contribution in [0.4, 0.5) is 0 Å². The molecule has 2 aliphatic heterocycles. The summed E-state index contributed by atoms with van der Waals surface area (Å²) in [6.07, 6.45) is 2.52. The molecular formula is C22H26N2O2. The average Bonchev–Trinajstić information content (AvgIpc) is 3.22. The van der Waals surface area contributed by atoms with Crippen molar-refractivity contribution in [1.29, 1.82) is 0 Å². The lowest BCUT2D eigenvalue weighted by molar-refractivity contribution is 0.0696. The molecule has 4 nitrogen and oxygen atoms in total. The first-order valence-electron chi connectivity index (χ1n) is 9.43. The molecule has 26 heavy (non-hydrogen) atoms. The van der Waals surface area contributed by atoms with Gasteiger partial charge in [0, 0.05) is 26.2 Å². The molecule has 2 saturated heterocycles. The summed E-state index contributed by atoms with van der Waals surface area (Å²) >= 11 is 0. The van der Waals surface area contributed by atoms with E-state index in [0.29, 0.717) is 11.0 Å². The van der Waals surface area contributed by atoms with Crippen LogP contribution in [0.25, 0.3) is 0 Å². The highest BCUT2D eigenvalue weighted by atomic mass is 16.4. The number of likely N-dealkylation sites (tertiary alicyclic amines) is 2. The fraction of sp³-hybridized carbons (Fsp3) is 0.409. The van der Waals surface area contributed by atoms with Crippen LogP contribution in [0.3, 0.4) is 0 Å². The minimum absolute atomic E-state index is 0.381. The van der Waals surface area contributed by atoms with Crippen LogP contribution in [-0.4, -0.2) is 47.1 Å². The highest BCUT2D eigenvalue weighted by Gasteiger charge is 2.43. The lowest BCUT2D eigenvalue weighted by Gasteiger charge is -2.25. The fourth-order valence-electron chi connectivity index (χ4n) is 4.56. The Bertz CT molecular complexity index is 777. The number of aromatic carboxylic acids is 1. The van der Waals surface area contributed by atoms with Crippen molar-refractivity contribution in [2.45, 2.75) is 25.9 Å². The minimum atomic E-state index is -0.850. The Morgan fingerprint density at radius 1 is 0.885 bits per heavy atom. The summed E-state index contributed by atoms with van der Waals surface area (Å²) in [7, 11) is 0. The quantitative estimate of drug-likeness (QED) is 0.897. The second-order valence-corrected chi connectivity index (χ2v) is 7.91. The second-order valence-electron chi connectivity index (χ2n) is 7.91. The van der Waals surface area contributed by atoms with Gasteiger partial charge in [-0.05, 0) is 54.6 Å². The topological polar surface area (TPSA) is 43.8 Å². The van der Waals surface area contributed by atoms with Crippen LogP contribution < -0.4 is 0 Å². The normalized spacial score (nSPS) is 23.7. The van der Waals surface area contributed by atoms with Gasteiger partial charge in [-0.25, -0.2) is 4.79 Å². The lowest BCUT2D eigenvalue weighted by atomic mass is 9.86. The lowest BCUT2D eigenvalue weighted by Crippen LogP contribution is -2.30. The molecular weight excluding hydrogens is 324 g/mol. The summed E-state index contributed by atoms with van der Waals surface area (Å²) in [6.45, 7) is 6.47. The first-order chi connectivity index (χ1) is 12.6. The van der Waals surface area contributed by atoms with Gasteiger partial charge >= 0.3 is 5.97 Å². The maximum atomic E-state index is 11.2. The Kier molecular flexibility index (Phi) is 4.79. The Hall–Kier alpha value is -2.17. The van der Waals surface area contributed by atoms with Crippen molar-refractivity contribution in [2.75, 3.05) is 26.2 Å². The zero-order chi connectivity index (χ0) is 18.0. The Labute approximate surface area is 155 Å². The monoisotopic (exact) mass is 350 g/mol. The van der Waals surface area contributed by atoms with Crippen molar-refractivity contribution in [3.63, 3.8) is 0 Å². The molecule has 2 aliphatic rings. The van der Waals surface area contributed by atoms with E-state index in [-0.39, 0.29) is 0 Å². The molecule has 0 bridgehead atoms. The van der Waals surface area contributed by atoms with E-state index in [9.17, 15) is 4.79 Å². The van der Waals surface area contributed by atoms with E-state index in [2.05, 4.69) is 40.1 Å². The molecule has 2 fully saturated rings. The molecule has 0 aliphatic carbocycles. The first kappa shape index (κ1) is 17.3. The predicted molar refractivity (Wildman–Crippen MR) is 102 cm³/mol. The number of rotatable bonds is 5. The van der Waals surface area contributed by atoms with Gasteiger partial charge in [0.25, 0.3) is 0 Å². The van der Waals surface area contributed by atoms with Gasteiger partial charge in [-0.3, -0.25) is 9.80 Å². The van der Waals surface area contributed by atoms with Crippen LogP contribution in [0.2, 0.25) is 0 Å². The van der Waals surface area contributed by atoms with Crippen LogP contribution in [0.5, 0.6) is 0 Å². The average molecular weight is 350 g/mol. The van der Waals surface area contributed by atoms with Gasteiger partial charge in [0.2, 0.25) is 0 Å². The van der Waals surface area contributed by atoms with Crippen LogP contribution in [0.15, 0.2) is 54.6 Å². The number of nitrogens with zero attached hydrogens (tertiary/aromatic N) is 2. The van der Waals surface area contributed by atoms with Crippen molar-refractivity contribution in [2.24, 2.45) is 5.41 Å². The minimum Gasteiger partial charge on any atom is -0.478 e. The standard InChI is InChI=1S/C22H26N2O2/c25-21(26)20-8-4-7-19(13-20)15-24-12-10-22(17-24)9-11-23(16-22)14-18-5-2-1-3-6-18/h1-8,13H,9-12,14-17H2,(H,25,26). The van der Waals surface area contributed by atoms with Crippen LogP contribution in [-0.2, 0) is 13.1 Å². The van der Waals surface area contributed by atoms with Crippen molar-refractivity contribution >= 4 is 5.97 Å². The molecule has 0 radical (unpaired) electrons. The Morgan fingerprint density at radius 3 is 2.15 bits per heavy atom. The van der Waals surface area contributed by atoms with E-state index in [0.717, 1.165) is 31.7 Å². The van der Waals surface area contributed by atoms with Gasteiger partial charge in [0.15, 0.2) is 0 Å². The summed E-state index contributed by atoms with van der Waals surface area (Å²) in [5.41, 5.74) is 3.29. The third kappa shape index (κ3) is 3.81. The van der Waals surface area contributed by atoms with Crippen molar-refractivity contribution in [1.82, 2.24) is 9.80 Å². The van der Waals surface area contributed by atoms with Gasteiger partial charge in [0.1, 0.15) is 0 Å². The van der Waals surface area contributed by atoms with Crippen molar-refractivity contribution in [3.8, 4) is 0 Å². The molecule has 0 saturated carbocycles. The molecule has 4 heteroatoms. The third-order valence-corrected chi connectivity index (χ3v) is 5.86. The van der Waals surface area contributed by atoms with Gasteiger partial charge in [-0.15, -0.1) is 0 Å². The SMILES string of the molecule is O=C(O)c1cccc(CN2CCC3(CCN(Cc4ccccc4)C3)C2)c1. The molecule has 0 aromatic heterocycles. The molecule has 4 rings (SSSR count). The Balaban J connectivity index is 1.35. The summed E-state index contributed by atoms with van der Waals surface area (Å²) in [5, 5.41) is 9.17. The van der Waals surface area contributed by atoms with E-state index >= 15 is 0 Å². The molecule has 2 aromatic carbocycles. The summed E-state index contributed by atoms with van der Waals surface area (Å²) in [5.74, 6) is -0.850. The van der Waals surface area contributed by atoms with Gasteiger partial charge in [0.05, 0.1) is 5.56 Å². The molecule has 2 heterocycles. The fourth-order valence-corrected chi connectivity index (χ4v) is 4.56. The van der Waals surface area contributed by atoms with E-state index in [1.54, 1.807) is 6.07 Å². The van der Waals surface area contributed by atoms with Crippen molar-refractivity contribution in [3.05, 3.63) is 71.3 Å². The zero-order valence-corrected chi connectivity index (χ0v) is 15.1. The van der Waals surface area contributed by atoms with E-state index in [4.69, 9.17) is 5.11 Å². The van der Waals surface area contributed by atoms with E-state index < -0.39 is 5.97 Å². The van der Waals surface area contributed by atoms with Crippen LogP contribution in [0.1, 0.15) is 34.3 Å². The van der Waals surface area contributed by atoms with Crippen LogP contribution >= 0.6 is 0 Å². The summed E-state index contributed by atoms with van der Waals surface area (Å²) in [6, 6.07) is 18.1. The number of carboxylic acids is 1. The van der Waals surface area contributed by atoms with E-state index in [1.165, 1.54) is 31.5 Å². The molecule has 2 aromatic rings. The molecule has 0 amide bonds. The third-order valence-electron chi connectivity index (χ3n) is 5.86. The molecule has 136 valence electrons. The van der Waals surface area contributed by atoms with Crippen LogP contribution in [0, 0.1) is 5.41 Å². The van der Waals surface area contributed by atoms with Crippen molar-refractivity contribution < 1.29 is 9.90 Å². The predicted octanol–water partition coefficient (Wildman–Crippen LogP) is 3.48. The molecule has 1 N–H and O–H groups in total.